The highest BCUT2D eigenvalue weighted by Gasteiger charge is 2.42. The van der Waals surface area contributed by atoms with Crippen LogP contribution in [0.5, 0.6) is 0 Å². The fourth-order valence-electron chi connectivity index (χ4n) is 2.28. The molecule has 2 N–H and O–H groups in total. The summed E-state index contributed by atoms with van der Waals surface area (Å²) < 4.78 is 42.1. The number of carbonyl (C=O) groups excluding carboxylic acids is 1. The highest BCUT2D eigenvalue weighted by Crippen LogP contribution is 2.37. The van der Waals surface area contributed by atoms with Crippen LogP contribution in [0.25, 0.3) is 0 Å². The molecule has 0 bridgehead atoms. The van der Waals surface area contributed by atoms with Gasteiger partial charge in [-0.05, 0) is 25.5 Å². The van der Waals surface area contributed by atoms with Crippen LogP contribution in [0.15, 0.2) is 5.16 Å². The molecule has 118 valence electrons. The fourth-order valence-corrected chi connectivity index (χ4v) is 3.40. The van der Waals surface area contributed by atoms with Crippen molar-refractivity contribution in [2.24, 2.45) is 5.92 Å². The number of hydrogen-bond donors (Lipinski definition) is 2. The van der Waals surface area contributed by atoms with Crippen molar-refractivity contribution < 1.29 is 18.0 Å². The number of thioether (sulfide) groups is 1. The summed E-state index contributed by atoms with van der Waals surface area (Å²) in [6, 6.07) is -0.995. The number of anilines is 1. The Morgan fingerprint density at radius 3 is 2.81 bits per heavy atom. The van der Waals surface area contributed by atoms with Gasteiger partial charge in [0.25, 0.3) is 0 Å². The number of halogens is 3. The first-order chi connectivity index (χ1) is 9.88. The first-order valence-electron chi connectivity index (χ1n) is 6.40. The standard InChI is InChI=1S/C11H15F3N4OS2/c1-20-10-17-9(21-18-10)16-8(19)15-7-4-2-3-6(5-7)11(12,13)14/h6-7H,2-5H2,1H3,(H2,15,16,17,18,19). The lowest BCUT2D eigenvalue weighted by Crippen LogP contribution is -2.43. The van der Waals surface area contributed by atoms with Crippen molar-refractivity contribution in [2.75, 3.05) is 11.6 Å². The van der Waals surface area contributed by atoms with Crippen LogP contribution in [0.4, 0.5) is 23.1 Å². The van der Waals surface area contributed by atoms with E-state index in [0.717, 1.165) is 11.5 Å². The van der Waals surface area contributed by atoms with Crippen molar-refractivity contribution in [2.45, 2.75) is 43.1 Å². The second-order valence-corrected chi connectivity index (χ2v) is 6.31. The van der Waals surface area contributed by atoms with Gasteiger partial charge in [-0.15, -0.1) is 0 Å². The maximum Gasteiger partial charge on any atom is 0.391 e. The van der Waals surface area contributed by atoms with Gasteiger partial charge in [0.15, 0.2) is 0 Å². The molecule has 1 aliphatic carbocycles. The van der Waals surface area contributed by atoms with Crippen LogP contribution >= 0.6 is 23.3 Å². The average molecular weight is 340 g/mol. The van der Waals surface area contributed by atoms with Crippen LogP contribution in [0.3, 0.4) is 0 Å². The lowest BCUT2D eigenvalue weighted by molar-refractivity contribution is -0.183. The molecule has 1 aliphatic rings. The summed E-state index contributed by atoms with van der Waals surface area (Å²) in [7, 11) is 0. The number of amides is 2. The number of urea groups is 1. The molecule has 1 heterocycles. The molecule has 0 spiro atoms. The second-order valence-electron chi connectivity index (χ2n) is 4.79. The predicted molar refractivity (Wildman–Crippen MR) is 75.6 cm³/mol. The molecule has 1 aromatic heterocycles. The summed E-state index contributed by atoms with van der Waals surface area (Å²) in [4.78, 5) is 15.8. The Hall–Kier alpha value is -1.03. The molecule has 21 heavy (non-hydrogen) atoms. The highest BCUT2D eigenvalue weighted by molar-refractivity contribution is 7.98. The van der Waals surface area contributed by atoms with E-state index in [4.69, 9.17) is 0 Å². The molecule has 0 saturated heterocycles. The van der Waals surface area contributed by atoms with E-state index in [9.17, 15) is 18.0 Å². The SMILES string of the molecule is CSc1nsc(NC(=O)NC2CCCC(C(F)(F)F)C2)n1. The topological polar surface area (TPSA) is 66.9 Å². The van der Waals surface area contributed by atoms with Gasteiger partial charge in [0.1, 0.15) is 0 Å². The van der Waals surface area contributed by atoms with Crippen LogP contribution in [-0.4, -0.2) is 33.9 Å². The van der Waals surface area contributed by atoms with E-state index in [1.807, 2.05) is 6.26 Å². The number of nitrogens with one attached hydrogen (secondary N) is 2. The van der Waals surface area contributed by atoms with Crippen LogP contribution in [-0.2, 0) is 0 Å². The van der Waals surface area contributed by atoms with E-state index < -0.39 is 24.2 Å². The number of carbonyl (C=O) groups is 1. The van der Waals surface area contributed by atoms with E-state index in [1.54, 1.807) is 0 Å². The molecule has 0 aromatic carbocycles. The van der Waals surface area contributed by atoms with E-state index >= 15 is 0 Å². The molecule has 2 amide bonds. The summed E-state index contributed by atoms with van der Waals surface area (Å²) in [6.45, 7) is 0. The Morgan fingerprint density at radius 2 is 2.19 bits per heavy atom. The maximum atomic E-state index is 12.7. The largest absolute Gasteiger partial charge is 0.391 e. The monoisotopic (exact) mass is 340 g/mol. The quantitative estimate of drug-likeness (QED) is 0.827. The third kappa shape index (κ3) is 4.73. The van der Waals surface area contributed by atoms with Gasteiger partial charge < -0.3 is 5.32 Å². The second kappa shape index (κ2) is 6.82. The van der Waals surface area contributed by atoms with E-state index in [1.165, 1.54) is 11.8 Å². The number of hydrogen-bond acceptors (Lipinski definition) is 5. The Kier molecular flexibility index (Phi) is 5.31. The van der Waals surface area contributed by atoms with E-state index in [2.05, 4.69) is 20.0 Å². The van der Waals surface area contributed by atoms with Gasteiger partial charge in [-0.1, -0.05) is 18.2 Å². The molecule has 1 aromatic rings. The van der Waals surface area contributed by atoms with Gasteiger partial charge in [-0.2, -0.15) is 22.5 Å². The summed E-state index contributed by atoms with van der Waals surface area (Å²) in [5.74, 6) is -1.33. The average Bonchev–Trinajstić information content (AvgIpc) is 2.85. The van der Waals surface area contributed by atoms with Crippen molar-refractivity contribution >= 4 is 34.5 Å². The third-order valence-electron chi connectivity index (χ3n) is 3.28. The first kappa shape index (κ1) is 16.3. The molecule has 1 saturated carbocycles. The third-order valence-corrected chi connectivity index (χ3v) is 4.58. The van der Waals surface area contributed by atoms with Crippen molar-refractivity contribution in [1.82, 2.24) is 14.7 Å². The van der Waals surface area contributed by atoms with E-state index in [-0.39, 0.29) is 12.8 Å². The molecule has 2 rings (SSSR count). The summed E-state index contributed by atoms with van der Waals surface area (Å²) in [5.41, 5.74) is 0. The zero-order valence-electron chi connectivity index (χ0n) is 11.2. The fraction of sp³-hybridized carbons (Fsp3) is 0.727. The van der Waals surface area contributed by atoms with Gasteiger partial charge in [0.2, 0.25) is 10.3 Å². The summed E-state index contributed by atoms with van der Waals surface area (Å²) in [5, 5.41) is 5.96. The number of nitrogens with zero attached hydrogens (tertiary/aromatic N) is 2. The molecule has 1 fully saturated rings. The Bertz CT molecular complexity index is 494. The van der Waals surface area contributed by atoms with Crippen LogP contribution < -0.4 is 10.6 Å². The Morgan fingerprint density at radius 1 is 1.43 bits per heavy atom. The predicted octanol–water partition coefficient (Wildman–Crippen LogP) is 3.50. The van der Waals surface area contributed by atoms with Crippen LogP contribution in [0.1, 0.15) is 25.7 Å². The van der Waals surface area contributed by atoms with Gasteiger partial charge >= 0.3 is 12.2 Å². The molecule has 2 unspecified atom stereocenters. The number of alkyl halides is 3. The molecular formula is C11H15F3N4OS2. The smallest absolute Gasteiger partial charge is 0.335 e. The van der Waals surface area contributed by atoms with E-state index in [0.29, 0.717) is 23.1 Å². The molecule has 2 atom stereocenters. The molecule has 0 aliphatic heterocycles. The zero-order valence-corrected chi connectivity index (χ0v) is 12.9. The van der Waals surface area contributed by atoms with Crippen LogP contribution in [0, 0.1) is 5.92 Å². The minimum atomic E-state index is -4.19. The Balaban J connectivity index is 1.84. The summed E-state index contributed by atoms with van der Waals surface area (Å²) in [6.07, 6.45) is -1.29. The van der Waals surface area contributed by atoms with Crippen molar-refractivity contribution in [3.8, 4) is 0 Å². The van der Waals surface area contributed by atoms with Crippen molar-refractivity contribution in [3.05, 3.63) is 0 Å². The van der Waals surface area contributed by atoms with Crippen molar-refractivity contribution in [1.29, 1.82) is 0 Å². The maximum absolute atomic E-state index is 12.7. The summed E-state index contributed by atoms with van der Waals surface area (Å²) >= 11 is 2.38. The van der Waals surface area contributed by atoms with Crippen LogP contribution in [0.2, 0.25) is 0 Å². The molecular weight excluding hydrogens is 325 g/mol. The highest BCUT2D eigenvalue weighted by atomic mass is 32.2. The molecule has 5 nitrogen and oxygen atoms in total. The minimum absolute atomic E-state index is 0.0664. The molecule has 10 heteroatoms. The van der Waals surface area contributed by atoms with Gasteiger partial charge in [-0.3, -0.25) is 5.32 Å². The van der Waals surface area contributed by atoms with Crippen molar-refractivity contribution in [3.63, 3.8) is 0 Å². The minimum Gasteiger partial charge on any atom is -0.335 e. The normalized spacial score (nSPS) is 22.9. The van der Waals surface area contributed by atoms with Gasteiger partial charge in [0.05, 0.1) is 5.92 Å². The number of rotatable bonds is 3. The zero-order chi connectivity index (χ0) is 15.5. The Labute approximate surface area is 128 Å². The lowest BCUT2D eigenvalue weighted by Gasteiger charge is -2.30. The first-order valence-corrected chi connectivity index (χ1v) is 8.40. The van der Waals surface area contributed by atoms with Gasteiger partial charge in [0, 0.05) is 17.6 Å². The van der Waals surface area contributed by atoms with Gasteiger partial charge in [-0.25, -0.2) is 4.79 Å². The number of aromatic nitrogens is 2. The lowest BCUT2D eigenvalue weighted by atomic mass is 9.85. The molecule has 0 radical (unpaired) electrons.